The number of rotatable bonds is 5. The van der Waals surface area contributed by atoms with Crippen LogP contribution in [0.25, 0.3) is 0 Å². The Hall–Kier alpha value is -2.38. The van der Waals surface area contributed by atoms with Crippen molar-refractivity contribution in [2.24, 2.45) is 10.1 Å². The van der Waals surface area contributed by atoms with Gasteiger partial charge in [-0.2, -0.15) is 0 Å². The molecule has 0 radical (unpaired) electrons. The first-order valence-corrected chi connectivity index (χ1v) is 7.87. The minimum absolute atomic E-state index is 0.0505. The molecule has 2 aromatic carbocycles. The summed E-state index contributed by atoms with van der Waals surface area (Å²) in [5.74, 6) is 1.32. The van der Waals surface area contributed by atoms with Crippen molar-refractivity contribution in [2.75, 3.05) is 14.2 Å². The van der Waals surface area contributed by atoms with Crippen LogP contribution in [0, 0.1) is 0 Å². The van der Waals surface area contributed by atoms with Crippen molar-refractivity contribution in [1.82, 2.24) is 0 Å². The third-order valence-electron chi connectivity index (χ3n) is 2.90. The number of nitrogens with zero attached hydrogens (tertiary/aromatic N) is 1. The second-order valence-electron chi connectivity index (χ2n) is 4.44. The SMILES string of the molecule is COc1cc(C=Nc2ccc(S(N)(=O)=O)cc2)cc(OC)c1. The van der Waals surface area contributed by atoms with Crippen molar-refractivity contribution in [1.29, 1.82) is 0 Å². The van der Waals surface area contributed by atoms with E-state index in [1.807, 2.05) is 12.1 Å². The van der Waals surface area contributed by atoms with Crippen LogP contribution in [0.4, 0.5) is 5.69 Å². The summed E-state index contributed by atoms with van der Waals surface area (Å²) >= 11 is 0. The summed E-state index contributed by atoms with van der Waals surface area (Å²) in [4.78, 5) is 4.33. The maximum Gasteiger partial charge on any atom is 0.238 e. The fourth-order valence-corrected chi connectivity index (χ4v) is 2.29. The molecule has 0 aliphatic carbocycles. The molecule has 0 saturated heterocycles. The number of aliphatic imine (C=N–C) groups is 1. The zero-order valence-electron chi connectivity index (χ0n) is 12.2. The molecule has 0 aliphatic heterocycles. The molecule has 0 atom stereocenters. The van der Waals surface area contributed by atoms with E-state index >= 15 is 0 Å². The molecule has 2 N–H and O–H groups in total. The molecular weight excluding hydrogens is 304 g/mol. The summed E-state index contributed by atoms with van der Waals surface area (Å²) in [6, 6.07) is 11.4. The Morgan fingerprint density at radius 1 is 1.00 bits per heavy atom. The quantitative estimate of drug-likeness (QED) is 0.854. The lowest BCUT2D eigenvalue weighted by molar-refractivity contribution is 0.394. The molecule has 0 aliphatic rings. The maximum atomic E-state index is 11.2. The van der Waals surface area contributed by atoms with E-state index in [1.165, 1.54) is 12.1 Å². The molecule has 0 amide bonds. The highest BCUT2D eigenvalue weighted by molar-refractivity contribution is 7.89. The highest BCUT2D eigenvalue weighted by Crippen LogP contribution is 2.22. The van der Waals surface area contributed by atoms with Gasteiger partial charge in [-0.1, -0.05) is 0 Å². The number of ether oxygens (including phenoxy) is 2. The third kappa shape index (κ3) is 4.06. The van der Waals surface area contributed by atoms with Crippen molar-refractivity contribution in [2.45, 2.75) is 4.90 Å². The number of hydrogen-bond acceptors (Lipinski definition) is 5. The fourth-order valence-electron chi connectivity index (χ4n) is 1.77. The van der Waals surface area contributed by atoms with Gasteiger partial charge < -0.3 is 9.47 Å². The summed E-state index contributed by atoms with van der Waals surface area (Å²) in [5.41, 5.74) is 1.40. The zero-order chi connectivity index (χ0) is 16.2. The number of methoxy groups -OCH3 is 2. The van der Waals surface area contributed by atoms with Crippen LogP contribution >= 0.6 is 0 Å². The normalized spacial score (nSPS) is 11.6. The first kappa shape index (κ1) is 16.0. The van der Waals surface area contributed by atoms with Gasteiger partial charge in [-0.15, -0.1) is 0 Å². The van der Waals surface area contributed by atoms with Crippen LogP contribution in [0.1, 0.15) is 5.56 Å². The maximum absolute atomic E-state index is 11.2. The molecule has 0 saturated carbocycles. The number of hydrogen-bond donors (Lipinski definition) is 1. The molecule has 116 valence electrons. The van der Waals surface area contributed by atoms with Crippen LogP contribution < -0.4 is 14.6 Å². The number of sulfonamides is 1. The molecule has 6 nitrogen and oxygen atoms in total. The second kappa shape index (κ2) is 6.59. The summed E-state index contributed by atoms with van der Waals surface area (Å²) < 4.78 is 32.7. The van der Waals surface area contributed by atoms with Crippen molar-refractivity contribution < 1.29 is 17.9 Å². The van der Waals surface area contributed by atoms with Gasteiger partial charge >= 0.3 is 0 Å². The monoisotopic (exact) mass is 320 g/mol. The Morgan fingerprint density at radius 2 is 1.55 bits per heavy atom. The minimum atomic E-state index is -3.69. The number of benzene rings is 2. The number of nitrogens with two attached hydrogens (primary N) is 1. The van der Waals surface area contributed by atoms with E-state index in [9.17, 15) is 8.42 Å². The van der Waals surface area contributed by atoms with Gasteiger partial charge in [0.25, 0.3) is 0 Å². The van der Waals surface area contributed by atoms with Gasteiger partial charge in [-0.05, 0) is 36.4 Å². The van der Waals surface area contributed by atoms with Crippen LogP contribution in [-0.4, -0.2) is 28.9 Å². The van der Waals surface area contributed by atoms with Crippen molar-refractivity contribution in [3.05, 3.63) is 48.0 Å². The average Bonchev–Trinajstić information content (AvgIpc) is 2.52. The van der Waals surface area contributed by atoms with Gasteiger partial charge in [-0.25, -0.2) is 13.6 Å². The molecule has 0 aromatic heterocycles. The molecule has 2 aromatic rings. The second-order valence-corrected chi connectivity index (χ2v) is 6.00. The van der Waals surface area contributed by atoms with E-state index in [1.54, 1.807) is 38.6 Å². The Bertz CT molecular complexity index is 761. The Kier molecular flexibility index (Phi) is 4.79. The Balaban J connectivity index is 2.25. The van der Waals surface area contributed by atoms with Crippen LogP contribution in [0.2, 0.25) is 0 Å². The van der Waals surface area contributed by atoms with E-state index in [-0.39, 0.29) is 4.90 Å². The topological polar surface area (TPSA) is 91.0 Å². The lowest BCUT2D eigenvalue weighted by atomic mass is 10.2. The van der Waals surface area contributed by atoms with Gasteiger partial charge in [0.2, 0.25) is 10.0 Å². The van der Waals surface area contributed by atoms with E-state index in [0.717, 1.165) is 5.56 Å². The molecule has 2 rings (SSSR count). The predicted molar refractivity (Wildman–Crippen MR) is 84.6 cm³/mol. The van der Waals surface area contributed by atoms with Crippen molar-refractivity contribution in [3.8, 4) is 11.5 Å². The number of primary sulfonamides is 1. The van der Waals surface area contributed by atoms with Gasteiger partial charge in [0.15, 0.2) is 0 Å². The molecule has 0 unspecified atom stereocenters. The zero-order valence-corrected chi connectivity index (χ0v) is 13.0. The van der Waals surface area contributed by atoms with Crippen LogP contribution in [0.15, 0.2) is 52.4 Å². The van der Waals surface area contributed by atoms with Gasteiger partial charge in [0.05, 0.1) is 24.8 Å². The van der Waals surface area contributed by atoms with Crippen molar-refractivity contribution >= 4 is 21.9 Å². The smallest absolute Gasteiger partial charge is 0.238 e. The summed E-state index contributed by atoms with van der Waals surface area (Å²) in [7, 11) is -0.547. The first-order valence-electron chi connectivity index (χ1n) is 6.32. The van der Waals surface area contributed by atoms with E-state index < -0.39 is 10.0 Å². The first-order chi connectivity index (χ1) is 10.4. The molecule has 0 bridgehead atoms. The van der Waals surface area contributed by atoms with Gasteiger partial charge in [0.1, 0.15) is 11.5 Å². The molecule has 0 heterocycles. The lowest BCUT2D eigenvalue weighted by Crippen LogP contribution is -2.11. The minimum Gasteiger partial charge on any atom is -0.497 e. The Morgan fingerprint density at radius 3 is 2.00 bits per heavy atom. The predicted octanol–water partition coefficient (Wildman–Crippen LogP) is 2.10. The van der Waals surface area contributed by atoms with Crippen molar-refractivity contribution in [3.63, 3.8) is 0 Å². The summed E-state index contributed by atoms with van der Waals surface area (Å²) in [6.45, 7) is 0. The molecule has 0 spiro atoms. The third-order valence-corrected chi connectivity index (χ3v) is 3.83. The summed E-state index contributed by atoms with van der Waals surface area (Å²) in [6.07, 6.45) is 1.64. The van der Waals surface area contributed by atoms with Gasteiger partial charge in [0, 0.05) is 17.8 Å². The Labute approximate surface area is 129 Å². The largest absolute Gasteiger partial charge is 0.497 e. The molecular formula is C15H16N2O4S. The van der Waals surface area contributed by atoms with E-state index in [2.05, 4.69) is 4.99 Å². The van der Waals surface area contributed by atoms with Gasteiger partial charge in [-0.3, -0.25) is 4.99 Å². The standard InChI is InChI=1S/C15H16N2O4S/c1-20-13-7-11(8-14(9-13)21-2)10-17-12-3-5-15(6-4-12)22(16,18)19/h3-10H,1-2H3,(H2,16,18,19). The molecule has 7 heteroatoms. The molecule has 0 fully saturated rings. The highest BCUT2D eigenvalue weighted by Gasteiger charge is 2.06. The average molecular weight is 320 g/mol. The lowest BCUT2D eigenvalue weighted by Gasteiger charge is -2.05. The molecule has 22 heavy (non-hydrogen) atoms. The fraction of sp³-hybridized carbons (Fsp3) is 0.133. The van der Waals surface area contributed by atoms with Crippen LogP contribution in [0.3, 0.4) is 0 Å². The van der Waals surface area contributed by atoms with E-state index in [4.69, 9.17) is 14.6 Å². The highest BCUT2D eigenvalue weighted by atomic mass is 32.2. The van der Waals surface area contributed by atoms with Crippen LogP contribution in [-0.2, 0) is 10.0 Å². The van der Waals surface area contributed by atoms with E-state index in [0.29, 0.717) is 17.2 Å². The summed E-state index contributed by atoms with van der Waals surface area (Å²) in [5, 5.41) is 5.04. The van der Waals surface area contributed by atoms with Crippen LogP contribution in [0.5, 0.6) is 11.5 Å².